The number of nitrogens with one attached hydrogen (secondary N) is 2. The van der Waals surface area contributed by atoms with Crippen molar-refractivity contribution in [3.8, 4) is 0 Å². The Bertz CT molecular complexity index is 730. The summed E-state index contributed by atoms with van der Waals surface area (Å²) in [7, 11) is 0. The first-order chi connectivity index (χ1) is 11.5. The van der Waals surface area contributed by atoms with Gasteiger partial charge >= 0.3 is 0 Å². The number of nitrogens with zero attached hydrogens (tertiary/aromatic N) is 1. The maximum absolute atomic E-state index is 11.1. The van der Waals surface area contributed by atoms with Gasteiger partial charge in [0.15, 0.2) is 5.11 Å². The fourth-order valence-corrected chi connectivity index (χ4v) is 2.55. The first-order valence-corrected chi connectivity index (χ1v) is 8.32. The molecule has 0 heterocycles. The Morgan fingerprint density at radius 2 is 1.88 bits per heavy atom. The van der Waals surface area contributed by atoms with Crippen molar-refractivity contribution in [2.45, 2.75) is 33.1 Å². The number of nitro benzene ring substituents is 1. The molecular formula is C18H21N3O2S. The van der Waals surface area contributed by atoms with Crippen LogP contribution in [0, 0.1) is 17.0 Å². The standard InChI is InChI=1S/C18H21N3O2S/c1-3-4-5-14-7-9-15(10-8-14)19-18(24)20-16-11-6-13(2)12-17(16)21(22)23/h6-12H,3-5H2,1-2H3,(H2,19,20,24). The molecule has 2 N–H and O–H groups in total. The van der Waals surface area contributed by atoms with Gasteiger partial charge in [0, 0.05) is 11.8 Å². The zero-order valence-corrected chi connectivity index (χ0v) is 14.7. The van der Waals surface area contributed by atoms with Crippen LogP contribution in [0.5, 0.6) is 0 Å². The maximum atomic E-state index is 11.1. The van der Waals surface area contributed by atoms with Crippen molar-refractivity contribution < 1.29 is 4.92 Å². The van der Waals surface area contributed by atoms with E-state index in [0.29, 0.717) is 10.8 Å². The Morgan fingerprint density at radius 1 is 1.17 bits per heavy atom. The predicted octanol–water partition coefficient (Wildman–Crippen LogP) is 5.05. The van der Waals surface area contributed by atoms with E-state index < -0.39 is 4.92 Å². The van der Waals surface area contributed by atoms with Crippen molar-refractivity contribution in [1.82, 2.24) is 0 Å². The molecule has 0 spiro atoms. The Balaban J connectivity index is 2.02. The van der Waals surface area contributed by atoms with Crippen LogP contribution in [0.2, 0.25) is 0 Å². The second-order valence-corrected chi connectivity index (χ2v) is 6.07. The molecule has 0 fully saturated rings. The van der Waals surface area contributed by atoms with Gasteiger partial charge in [-0.3, -0.25) is 10.1 Å². The molecule has 0 saturated heterocycles. The molecule has 2 aromatic rings. The number of nitro groups is 1. The average Bonchev–Trinajstić information content (AvgIpc) is 2.55. The molecule has 0 aliphatic heterocycles. The second kappa shape index (κ2) is 8.40. The van der Waals surface area contributed by atoms with E-state index in [9.17, 15) is 10.1 Å². The van der Waals surface area contributed by atoms with E-state index in [1.807, 2.05) is 19.1 Å². The molecule has 0 saturated carbocycles. The van der Waals surface area contributed by atoms with Crippen molar-refractivity contribution in [2.75, 3.05) is 10.6 Å². The Hall–Kier alpha value is -2.47. The number of unbranched alkanes of at least 4 members (excludes halogenated alkanes) is 1. The zero-order valence-electron chi connectivity index (χ0n) is 13.8. The zero-order chi connectivity index (χ0) is 17.5. The first kappa shape index (κ1) is 17.9. The highest BCUT2D eigenvalue weighted by Gasteiger charge is 2.14. The minimum atomic E-state index is -0.416. The number of aryl methyl sites for hydroxylation is 2. The van der Waals surface area contributed by atoms with Gasteiger partial charge in [0.2, 0.25) is 0 Å². The number of hydrogen-bond donors (Lipinski definition) is 2. The lowest BCUT2D eigenvalue weighted by Gasteiger charge is -2.11. The Kier molecular flexibility index (Phi) is 6.26. The summed E-state index contributed by atoms with van der Waals surface area (Å²) in [6.07, 6.45) is 3.40. The van der Waals surface area contributed by atoms with E-state index in [0.717, 1.165) is 17.7 Å². The maximum Gasteiger partial charge on any atom is 0.292 e. The van der Waals surface area contributed by atoms with Crippen LogP contribution in [0.3, 0.4) is 0 Å². The molecule has 0 radical (unpaired) electrons. The van der Waals surface area contributed by atoms with Crippen LogP contribution in [0.15, 0.2) is 42.5 Å². The number of benzene rings is 2. The molecule has 0 aliphatic rings. The van der Waals surface area contributed by atoms with Crippen molar-refractivity contribution >= 4 is 34.4 Å². The summed E-state index contributed by atoms with van der Waals surface area (Å²) in [5.74, 6) is 0. The van der Waals surface area contributed by atoms with Crippen molar-refractivity contribution in [1.29, 1.82) is 0 Å². The van der Waals surface area contributed by atoms with Gasteiger partial charge in [0.05, 0.1) is 4.92 Å². The average molecular weight is 343 g/mol. The summed E-state index contributed by atoms with van der Waals surface area (Å²) in [6, 6.07) is 13.0. The molecule has 2 aromatic carbocycles. The molecule has 0 unspecified atom stereocenters. The second-order valence-electron chi connectivity index (χ2n) is 5.66. The first-order valence-electron chi connectivity index (χ1n) is 7.91. The van der Waals surface area contributed by atoms with Crippen molar-refractivity contribution in [3.05, 3.63) is 63.7 Å². The lowest BCUT2D eigenvalue weighted by Crippen LogP contribution is -2.19. The van der Waals surface area contributed by atoms with Gasteiger partial charge < -0.3 is 10.6 Å². The molecule has 0 bridgehead atoms. The van der Waals surface area contributed by atoms with Crippen LogP contribution in [-0.2, 0) is 6.42 Å². The number of thiocarbonyl (C=S) groups is 1. The van der Waals surface area contributed by atoms with Crippen LogP contribution < -0.4 is 10.6 Å². The molecule has 2 rings (SSSR count). The summed E-state index contributed by atoms with van der Waals surface area (Å²) in [5.41, 5.74) is 3.35. The van der Waals surface area contributed by atoms with Gasteiger partial charge in [-0.2, -0.15) is 0 Å². The van der Waals surface area contributed by atoms with Gasteiger partial charge in [-0.05, 0) is 61.3 Å². The summed E-state index contributed by atoms with van der Waals surface area (Å²) >= 11 is 5.26. The van der Waals surface area contributed by atoms with E-state index in [1.54, 1.807) is 12.1 Å². The number of rotatable bonds is 6. The van der Waals surface area contributed by atoms with Gasteiger partial charge in [-0.15, -0.1) is 0 Å². The Morgan fingerprint density at radius 3 is 2.50 bits per heavy atom. The fourth-order valence-electron chi connectivity index (χ4n) is 2.32. The molecule has 0 aliphatic carbocycles. The highest BCUT2D eigenvalue weighted by atomic mass is 32.1. The van der Waals surface area contributed by atoms with E-state index in [4.69, 9.17) is 12.2 Å². The van der Waals surface area contributed by atoms with E-state index in [1.165, 1.54) is 24.5 Å². The SMILES string of the molecule is CCCCc1ccc(NC(=S)Nc2ccc(C)cc2[N+](=O)[O-])cc1. The largest absolute Gasteiger partial charge is 0.332 e. The smallest absolute Gasteiger partial charge is 0.292 e. The van der Waals surface area contributed by atoms with Gasteiger partial charge in [0.25, 0.3) is 5.69 Å². The third kappa shape index (κ3) is 5.03. The van der Waals surface area contributed by atoms with Crippen LogP contribution in [0.1, 0.15) is 30.9 Å². The molecule has 5 nitrogen and oxygen atoms in total. The van der Waals surface area contributed by atoms with Crippen LogP contribution in [0.25, 0.3) is 0 Å². The summed E-state index contributed by atoms with van der Waals surface area (Å²) < 4.78 is 0. The minimum absolute atomic E-state index is 0.00839. The topological polar surface area (TPSA) is 67.2 Å². The molecule has 126 valence electrons. The van der Waals surface area contributed by atoms with E-state index in [-0.39, 0.29) is 5.69 Å². The molecule has 0 amide bonds. The van der Waals surface area contributed by atoms with E-state index >= 15 is 0 Å². The Labute approximate surface area is 147 Å². The molecule has 24 heavy (non-hydrogen) atoms. The quantitative estimate of drug-likeness (QED) is 0.436. The predicted molar refractivity (Wildman–Crippen MR) is 103 cm³/mol. The van der Waals surface area contributed by atoms with Gasteiger partial charge in [0.1, 0.15) is 5.69 Å². The monoisotopic (exact) mass is 343 g/mol. The third-order valence-electron chi connectivity index (χ3n) is 3.63. The summed E-state index contributed by atoms with van der Waals surface area (Å²) in [4.78, 5) is 10.7. The fraction of sp³-hybridized carbons (Fsp3) is 0.278. The highest BCUT2D eigenvalue weighted by molar-refractivity contribution is 7.80. The molecule has 6 heteroatoms. The van der Waals surface area contributed by atoms with Crippen molar-refractivity contribution in [2.24, 2.45) is 0 Å². The normalized spacial score (nSPS) is 10.2. The van der Waals surface area contributed by atoms with E-state index in [2.05, 4.69) is 29.7 Å². The number of hydrogen-bond acceptors (Lipinski definition) is 3. The van der Waals surface area contributed by atoms with Crippen LogP contribution in [-0.4, -0.2) is 10.0 Å². The summed E-state index contributed by atoms with van der Waals surface area (Å²) in [6.45, 7) is 3.98. The molecule has 0 aromatic heterocycles. The van der Waals surface area contributed by atoms with Gasteiger partial charge in [-0.25, -0.2) is 0 Å². The lowest BCUT2D eigenvalue weighted by atomic mass is 10.1. The highest BCUT2D eigenvalue weighted by Crippen LogP contribution is 2.25. The lowest BCUT2D eigenvalue weighted by molar-refractivity contribution is -0.383. The van der Waals surface area contributed by atoms with Crippen molar-refractivity contribution in [3.63, 3.8) is 0 Å². The van der Waals surface area contributed by atoms with Crippen LogP contribution in [0.4, 0.5) is 17.1 Å². The third-order valence-corrected chi connectivity index (χ3v) is 3.83. The number of anilines is 2. The van der Waals surface area contributed by atoms with Crippen LogP contribution >= 0.6 is 12.2 Å². The summed E-state index contributed by atoms with van der Waals surface area (Å²) in [5, 5.41) is 17.4. The molecular weight excluding hydrogens is 322 g/mol. The molecule has 0 atom stereocenters. The van der Waals surface area contributed by atoms with Gasteiger partial charge in [-0.1, -0.05) is 31.5 Å². The minimum Gasteiger partial charge on any atom is -0.332 e.